The molecule has 1 rings (SSSR count). The van der Waals surface area contributed by atoms with Crippen LogP contribution in [0.1, 0.15) is 13.3 Å². The average Bonchev–Trinajstić information content (AvgIpc) is 2.23. The second-order valence-electron chi connectivity index (χ2n) is 3.03. The molecule has 1 aromatic rings. The molecule has 0 atom stereocenters. The summed E-state index contributed by atoms with van der Waals surface area (Å²) in [6.07, 6.45) is 3.88. The molecule has 0 radical (unpaired) electrons. The zero-order chi connectivity index (χ0) is 11.1. The van der Waals surface area contributed by atoms with E-state index in [2.05, 4.69) is 20.6 Å². The van der Waals surface area contributed by atoms with Gasteiger partial charge in [0.05, 0.1) is 18.9 Å². The Morgan fingerprint density at radius 1 is 1.53 bits per heavy atom. The van der Waals surface area contributed by atoms with E-state index in [9.17, 15) is 4.79 Å². The van der Waals surface area contributed by atoms with Crippen molar-refractivity contribution < 1.29 is 4.79 Å². The van der Waals surface area contributed by atoms with Crippen LogP contribution in [0.3, 0.4) is 0 Å². The summed E-state index contributed by atoms with van der Waals surface area (Å²) < 4.78 is 0. The van der Waals surface area contributed by atoms with Gasteiger partial charge in [0.1, 0.15) is 11.6 Å². The number of carbonyl (C=O) groups excluding carboxylic acids is 1. The first-order valence-electron chi connectivity index (χ1n) is 4.80. The van der Waals surface area contributed by atoms with Crippen molar-refractivity contribution in [2.24, 2.45) is 0 Å². The van der Waals surface area contributed by atoms with Gasteiger partial charge in [0.2, 0.25) is 5.91 Å². The van der Waals surface area contributed by atoms with Gasteiger partial charge in [-0.2, -0.15) is 0 Å². The number of nitrogens with two attached hydrogens (primary N) is 1. The van der Waals surface area contributed by atoms with Crippen LogP contribution in [0.25, 0.3) is 0 Å². The Hall–Kier alpha value is -1.85. The topological polar surface area (TPSA) is 92.9 Å². The molecule has 0 spiro atoms. The van der Waals surface area contributed by atoms with Crippen LogP contribution in [0.2, 0.25) is 0 Å². The van der Waals surface area contributed by atoms with Crippen LogP contribution < -0.4 is 16.4 Å². The largest absolute Gasteiger partial charge is 0.382 e. The Labute approximate surface area is 88.3 Å². The third kappa shape index (κ3) is 4.26. The van der Waals surface area contributed by atoms with Crippen molar-refractivity contribution in [1.82, 2.24) is 15.3 Å². The van der Waals surface area contributed by atoms with Crippen LogP contribution in [0, 0.1) is 0 Å². The summed E-state index contributed by atoms with van der Waals surface area (Å²) in [6, 6.07) is 0. The molecular weight excluding hydrogens is 194 g/mol. The lowest BCUT2D eigenvalue weighted by Gasteiger charge is -2.05. The van der Waals surface area contributed by atoms with E-state index in [-0.39, 0.29) is 12.5 Å². The maximum atomic E-state index is 11.2. The smallest absolute Gasteiger partial charge is 0.239 e. The molecule has 0 fully saturated rings. The van der Waals surface area contributed by atoms with Gasteiger partial charge in [-0.3, -0.25) is 9.78 Å². The first kappa shape index (κ1) is 11.2. The minimum absolute atomic E-state index is 0.0684. The molecule has 1 heterocycles. The Balaban J connectivity index is 2.33. The number of nitrogens with one attached hydrogen (secondary N) is 2. The monoisotopic (exact) mass is 209 g/mol. The molecule has 0 aliphatic carbocycles. The number of hydrogen-bond acceptors (Lipinski definition) is 5. The number of nitrogen functional groups attached to an aromatic ring is 1. The molecule has 0 bridgehead atoms. The highest BCUT2D eigenvalue weighted by atomic mass is 16.1. The van der Waals surface area contributed by atoms with Crippen molar-refractivity contribution >= 4 is 17.5 Å². The standard InChI is InChI=1S/C9H15N5O/c1-2-3-12-9(15)6-13-8-5-11-4-7(10)14-8/h4-5H,2-3,6H2,1H3,(H,12,15)(H3,10,13,14). The quantitative estimate of drug-likeness (QED) is 0.634. The molecule has 4 N–H and O–H groups in total. The second kappa shape index (κ2) is 5.79. The van der Waals surface area contributed by atoms with Crippen LogP contribution in [0.5, 0.6) is 0 Å². The van der Waals surface area contributed by atoms with Crippen LogP contribution in [0.15, 0.2) is 12.4 Å². The fourth-order valence-electron chi connectivity index (χ4n) is 0.964. The number of nitrogens with zero attached hydrogens (tertiary/aromatic N) is 2. The van der Waals surface area contributed by atoms with E-state index in [1.807, 2.05) is 6.92 Å². The van der Waals surface area contributed by atoms with E-state index in [1.54, 1.807) is 0 Å². The molecule has 1 amide bonds. The predicted molar refractivity (Wildman–Crippen MR) is 58.2 cm³/mol. The summed E-state index contributed by atoms with van der Waals surface area (Å²) in [5, 5.41) is 5.56. The van der Waals surface area contributed by atoms with Crippen LogP contribution in [-0.4, -0.2) is 29.0 Å². The maximum absolute atomic E-state index is 11.2. The van der Waals surface area contributed by atoms with Crippen molar-refractivity contribution in [3.8, 4) is 0 Å². The van der Waals surface area contributed by atoms with Gasteiger partial charge in [0.25, 0.3) is 0 Å². The second-order valence-corrected chi connectivity index (χ2v) is 3.03. The highest BCUT2D eigenvalue weighted by Gasteiger charge is 2.00. The number of rotatable bonds is 5. The van der Waals surface area contributed by atoms with Crippen molar-refractivity contribution in [1.29, 1.82) is 0 Å². The molecule has 6 nitrogen and oxygen atoms in total. The van der Waals surface area contributed by atoms with Crippen LogP contribution in [0.4, 0.5) is 11.6 Å². The summed E-state index contributed by atoms with van der Waals surface area (Å²) in [6.45, 7) is 2.86. The molecule has 6 heteroatoms. The SMILES string of the molecule is CCCNC(=O)CNc1cncc(N)n1. The molecule has 0 aliphatic rings. The number of anilines is 2. The van der Waals surface area contributed by atoms with Gasteiger partial charge in [0, 0.05) is 6.54 Å². The Morgan fingerprint density at radius 3 is 3.00 bits per heavy atom. The van der Waals surface area contributed by atoms with Crippen LogP contribution >= 0.6 is 0 Å². The van der Waals surface area contributed by atoms with E-state index in [0.29, 0.717) is 18.2 Å². The minimum atomic E-state index is -0.0684. The van der Waals surface area contributed by atoms with Crippen molar-refractivity contribution in [3.05, 3.63) is 12.4 Å². The summed E-state index contributed by atoms with van der Waals surface area (Å²) >= 11 is 0. The normalized spacial score (nSPS) is 9.67. The highest BCUT2D eigenvalue weighted by molar-refractivity contribution is 5.80. The van der Waals surface area contributed by atoms with Gasteiger partial charge in [0.15, 0.2) is 0 Å². The highest BCUT2D eigenvalue weighted by Crippen LogP contribution is 2.01. The lowest BCUT2D eigenvalue weighted by molar-refractivity contribution is -0.119. The lowest BCUT2D eigenvalue weighted by Crippen LogP contribution is -2.30. The molecule has 0 saturated carbocycles. The molecule has 0 aromatic carbocycles. The maximum Gasteiger partial charge on any atom is 0.239 e. The molecule has 0 saturated heterocycles. The summed E-state index contributed by atoms with van der Waals surface area (Å²) in [5.74, 6) is 0.761. The van der Waals surface area contributed by atoms with Gasteiger partial charge in [-0.25, -0.2) is 4.98 Å². The number of amides is 1. The molecular formula is C9H15N5O. The Bertz CT molecular complexity index is 328. The molecule has 0 aliphatic heterocycles. The summed E-state index contributed by atoms with van der Waals surface area (Å²) in [4.78, 5) is 19.0. The minimum Gasteiger partial charge on any atom is -0.382 e. The number of carbonyl (C=O) groups is 1. The third-order valence-corrected chi connectivity index (χ3v) is 1.66. The van der Waals surface area contributed by atoms with E-state index in [1.165, 1.54) is 12.4 Å². The average molecular weight is 209 g/mol. The Morgan fingerprint density at radius 2 is 2.33 bits per heavy atom. The predicted octanol–water partition coefficient (Wildman–Crippen LogP) is -0.00310. The van der Waals surface area contributed by atoms with E-state index >= 15 is 0 Å². The van der Waals surface area contributed by atoms with E-state index in [4.69, 9.17) is 5.73 Å². The van der Waals surface area contributed by atoms with Gasteiger partial charge >= 0.3 is 0 Å². The van der Waals surface area contributed by atoms with E-state index in [0.717, 1.165) is 6.42 Å². The molecule has 82 valence electrons. The zero-order valence-corrected chi connectivity index (χ0v) is 8.66. The van der Waals surface area contributed by atoms with Gasteiger partial charge in [-0.15, -0.1) is 0 Å². The summed E-state index contributed by atoms with van der Waals surface area (Å²) in [5.41, 5.74) is 5.43. The van der Waals surface area contributed by atoms with Crippen molar-refractivity contribution in [2.75, 3.05) is 24.1 Å². The lowest BCUT2D eigenvalue weighted by atomic mass is 10.4. The first-order chi connectivity index (χ1) is 7.22. The van der Waals surface area contributed by atoms with Gasteiger partial charge < -0.3 is 16.4 Å². The van der Waals surface area contributed by atoms with Gasteiger partial charge in [-0.1, -0.05) is 6.92 Å². The van der Waals surface area contributed by atoms with Crippen molar-refractivity contribution in [2.45, 2.75) is 13.3 Å². The van der Waals surface area contributed by atoms with Gasteiger partial charge in [-0.05, 0) is 6.42 Å². The fraction of sp³-hybridized carbons (Fsp3) is 0.444. The zero-order valence-electron chi connectivity index (χ0n) is 8.66. The number of aromatic nitrogens is 2. The number of hydrogen-bond donors (Lipinski definition) is 3. The fourth-order valence-corrected chi connectivity index (χ4v) is 0.964. The molecule has 1 aromatic heterocycles. The van der Waals surface area contributed by atoms with Crippen molar-refractivity contribution in [3.63, 3.8) is 0 Å². The van der Waals surface area contributed by atoms with Crippen LogP contribution in [-0.2, 0) is 4.79 Å². The first-order valence-corrected chi connectivity index (χ1v) is 4.80. The Kier molecular flexibility index (Phi) is 4.33. The summed E-state index contributed by atoms with van der Waals surface area (Å²) in [7, 11) is 0. The molecule has 15 heavy (non-hydrogen) atoms. The van der Waals surface area contributed by atoms with E-state index < -0.39 is 0 Å². The molecule has 0 unspecified atom stereocenters. The third-order valence-electron chi connectivity index (χ3n) is 1.66.